The van der Waals surface area contributed by atoms with E-state index in [2.05, 4.69) is 264 Å². The van der Waals surface area contributed by atoms with Crippen molar-refractivity contribution in [2.75, 3.05) is 4.90 Å². The molecule has 69 heavy (non-hydrogen) atoms. The number of hydrogen-bond donors (Lipinski definition) is 0. The van der Waals surface area contributed by atoms with Gasteiger partial charge in [-0.2, -0.15) is 0 Å². The summed E-state index contributed by atoms with van der Waals surface area (Å²) in [5.41, 5.74) is 16.9. The fourth-order valence-electron chi connectivity index (χ4n) is 11.4. The van der Waals surface area contributed by atoms with E-state index in [9.17, 15) is 0 Å². The van der Waals surface area contributed by atoms with Crippen molar-refractivity contribution >= 4 is 67.9 Å². The molecule has 0 bridgehead atoms. The smallest absolute Gasteiger partial charge is 0.235 e. The fourth-order valence-corrected chi connectivity index (χ4v) is 16.9. The minimum atomic E-state index is -2.90. The van der Waals surface area contributed by atoms with Crippen molar-refractivity contribution in [2.45, 2.75) is 0 Å². The van der Waals surface area contributed by atoms with Gasteiger partial charge in [-0.05, 0) is 103 Å². The molecule has 5 heteroatoms. The fraction of sp³-hybridized carbons (Fsp3) is 0. The maximum absolute atomic E-state index is 5.51. The van der Waals surface area contributed by atoms with Gasteiger partial charge in [0.15, 0.2) is 8.07 Å². The molecule has 14 rings (SSSR count). The van der Waals surface area contributed by atoms with Crippen LogP contribution in [0.4, 0.5) is 17.3 Å². The Kier molecular flexibility index (Phi) is 8.88. The maximum atomic E-state index is 5.51. The summed E-state index contributed by atoms with van der Waals surface area (Å²) in [5.74, 6) is 0.640. The number of hydrogen-bond acceptors (Lipinski definition) is 3. The van der Waals surface area contributed by atoms with Crippen LogP contribution in [0.25, 0.3) is 83.4 Å². The van der Waals surface area contributed by atoms with E-state index in [-0.39, 0.29) is 0 Å². The van der Waals surface area contributed by atoms with Crippen molar-refractivity contribution in [2.24, 2.45) is 0 Å². The first-order chi connectivity index (χ1) is 34.2. The molecule has 4 nitrogen and oxygen atoms in total. The summed E-state index contributed by atoms with van der Waals surface area (Å²) in [6.45, 7) is 0. The molecule has 0 aliphatic carbocycles. The third kappa shape index (κ3) is 6.01. The summed E-state index contributed by atoms with van der Waals surface area (Å²) in [7, 11) is -2.90. The molecule has 322 valence electrons. The average Bonchev–Trinajstić information content (AvgIpc) is 3.92. The molecule has 4 heterocycles. The van der Waals surface area contributed by atoms with Crippen molar-refractivity contribution < 1.29 is 0 Å². The van der Waals surface area contributed by atoms with Crippen molar-refractivity contribution in [3.63, 3.8) is 0 Å². The first-order valence-electron chi connectivity index (χ1n) is 23.7. The van der Waals surface area contributed by atoms with Gasteiger partial charge in [0.2, 0.25) is 5.95 Å². The summed E-state index contributed by atoms with van der Waals surface area (Å²) >= 11 is 0. The monoisotopic (exact) mass is 894 g/mol. The number of aromatic nitrogens is 3. The zero-order valence-corrected chi connectivity index (χ0v) is 38.5. The second-order valence-electron chi connectivity index (χ2n) is 18.1. The summed E-state index contributed by atoms with van der Waals surface area (Å²) < 4.78 is 2.40. The van der Waals surface area contributed by atoms with Crippen molar-refractivity contribution in [3.05, 3.63) is 255 Å². The highest BCUT2D eigenvalue weighted by Crippen LogP contribution is 2.44. The van der Waals surface area contributed by atoms with Gasteiger partial charge >= 0.3 is 0 Å². The Bertz CT molecular complexity index is 3850. The number of benzene rings is 10. The van der Waals surface area contributed by atoms with Gasteiger partial charge in [-0.1, -0.05) is 206 Å². The molecule has 0 unspecified atom stereocenters. The summed E-state index contributed by atoms with van der Waals surface area (Å²) in [4.78, 5) is 13.4. The summed E-state index contributed by atoms with van der Waals surface area (Å²) in [6, 6.07) is 93.0. The van der Waals surface area contributed by atoms with E-state index in [1.165, 1.54) is 64.8 Å². The van der Waals surface area contributed by atoms with E-state index >= 15 is 0 Å². The number of fused-ring (bicyclic) bond motifs is 12. The predicted octanol–water partition coefficient (Wildman–Crippen LogP) is 13.4. The molecule has 2 aliphatic rings. The van der Waals surface area contributed by atoms with E-state index in [1.807, 2.05) is 0 Å². The second kappa shape index (κ2) is 15.6. The van der Waals surface area contributed by atoms with E-state index in [0.717, 1.165) is 50.7 Å². The Hall–Kier alpha value is -8.90. The Balaban J connectivity index is 1.01. The number of para-hydroxylation sites is 2. The van der Waals surface area contributed by atoms with Crippen LogP contribution < -0.4 is 25.6 Å². The van der Waals surface area contributed by atoms with Crippen LogP contribution in [0.3, 0.4) is 0 Å². The highest BCUT2D eigenvalue weighted by Gasteiger charge is 2.54. The lowest BCUT2D eigenvalue weighted by molar-refractivity contribution is 1.09. The van der Waals surface area contributed by atoms with Crippen LogP contribution in [0.5, 0.6) is 0 Å². The molecular weight excluding hydrogens is 853 g/mol. The van der Waals surface area contributed by atoms with E-state index in [1.54, 1.807) is 0 Å². The number of nitrogens with zero attached hydrogens (tertiary/aromatic N) is 4. The SMILES string of the molecule is c1ccc(-c2ccc(-n3c4ccccc4c4cc(-c5ccc6c(c5)N(c5nc(-c7ccccc7)cc(-c7ccccc7)n5)c5ccccc5[Si]65c6ccccc6-c6ccccc65)ccc43)cc2)cc1. The van der Waals surface area contributed by atoms with E-state index in [0.29, 0.717) is 5.95 Å². The molecular formula is C64H42N4Si. The highest BCUT2D eigenvalue weighted by atomic mass is 28.3. The van der Waals surface area contributed by atoms with Gasteiger partial charge < -0.3 is 4.57 Å². The summed E-state index contributed by atoms with van der Waals surface area (Å²) in [5, 5.41) is 7.94. The van der Waals surface area contributed by atoms with Gasteiger partial charge in [0.25, 0.3) is 0 Å². The zero-order chi connectivity index (χ0) is 45.5. The standard InChI is InChI=1S/C64H42N4Si/c1-4-18-43(19-5-1)44-32-36-49(37-33-44)67-56-27-13-10-24-50(56)53-40-47(34-38-57(53)67)48-35-39-63-59(41-48)68(64-65-54(45-20-6-2-7-21-45)42-55(66-64)46-22-8-3-9-23-46)58-28-14-17-31-62(58)69(63)60-29-15-11-25-51(60)52-26-12-16-30-61(52)69/h1-42H. The predicted molar refractivity (Wildman–Crippen MR) is 289 cm³/mol. The molecule has 0 saturated carbocycles. The normalized spacial score (nSPS) is 13.0. The molecule has 2 aliphatic heterocycles. The van der Waals surface area contributed by atoms with Gasteiger partial charge in [-0.25, -0.2) is 9.97 Å². The van der Waals surface area contributed by atoms with Crippen LogP contribution >= 0.6 is 0 Å². The average molecular weight is 895 g/mol. The van der Waals surface area contributed by atoms with E-state index < -0.39 is 8.07 Å². The first kappa shape index (κ1) is 39.3. The van der Waals surface area contributed by atoms with Gasteiger partial charge in [0.05, 0.1) is 28.1 Å². The van der Waals surface area contributed by atoms with Crippen LogP contribution in [0.15, 0.2) is 255 Å². The quantitative estimate of drug-likeness (QED) is 0.156. The van der Waals surface area contributed by atoms with Crippen molar-refractivity contribution in [1.82, 2.24) is 14.5 Å². The van der Waals surface area contributed by atoms with Gasteiger partial charge in [0.1, 0.15) is 0 Å². The molecule has 1 spiro atoms. The minimum absolute atomic E-state index is 0.640. The molecule has 0 saturated heterocycles. The Labute approximate surface area is 401 Å². The third-order valence-electron chi connectivity index (χ3n) is 14.4. The molecule has 0 atom stereocenters. The Morgan fingerprint density at radius 2 is 0.783 bits per heavy atom. The maximum Gasteiger partial charge on any atom is 0.235 e. The summed E-state index contributed by atoms with van der Waals surface area (Å²) in [6.07, 6.45) is 0. The lowest BCUT2D eigenvalue weighted by Gasteiger charge is -2.43. The largest absolute Gasteiger partial charge is 0.309 e. The minimum Gasteiger partial charge on any atom is -0.309 e. The van der Waals surface area contributed by atoms with Crippen molar-refractivity contribution in [3.8, 4) is 61.6 Å². The molecule has 0 N–H and O–H groups in total. The Morgan fingerprint density at radius 3 is 1.45 bits per heavy atom. The van der Waals surface area contributed by atoms with Crippen LogP contribution in [-0.2, 0) is 0 Å². The van der Waals surface area contributed by atoms with Crippen LogP contribution in [0.1, 0.15) is 0 Å². The molecule has 0 amide bonds. The van der Waals surface area contributed by atoms with Crippen LogP contribution in [-0.4, -0.2) is 22.6 Å². The molecule has 10 aromatic carbocycles. The molecule has 0 radical (unpaired) electrons. The zero-order valence-electron chi connectivity index (χ0n) is 37.5. The number of anilines is 3. The Morgan fingerprint density at radius 1 is 0.304 bits per heavy atom. The lowest BCUT2D eigenvalue weighted by atomic mass is 10.0. The number of rotatable bonds is 6. The van der Waals surface area contributed by atoms with E-state index in [4.69, 9.17) is 9.97 Å². The molecule has 12 aromatic rings. The van der Waals surface area contributed by atoms with Crippen LogP contribution in [0.2, 0.25) is 0 Å². The van der Waals surface area contributed by atoms with Gasteiger partial charge in [0, 0.05) is 33.3 Å². The highest BCUT2D eigenvalue weighted by molar-refractivity contribution is 7.23. The molecule has 2 aromatic heterocycles. The second-order valence-corrected chi connectivity index (χ2v) is 21.7. The molecule has 0 fully saturated rings. The lowest BCUT2D eigenvalue weighted by Crippen LogP contribution is -2.75. The third-order valence-corrected chi connectivity index (χ3v) is 19.4. The van der Waals surface area contributed by atoms with Crippen molar-refractivity contribution in [1.29, 1.82) is 0 Å². The van der Waals surface area contributed by atoms with Crippen LogP contribution in [0, 0.1) is 0 Å². The topological polar surface area (TPSA) is 34.0 Å². The van der Waals surface area contributed by atoms with Gasteiger partial charge in [-0.3, -0.25) is 4.90 Å². The van der Waals surface area contributed by atoms with Gasteiger partial charge in [-0.15, -0.1) is 0 Å². The first-order valence-corrected chi connectivity index (χ1v) is 25.7.